The molecule has 2 aromatic heterocycles. The lowest BCUT2D eigenvalue weighted by Crippen LogP contribution is -2.16. The summed E-state index contributed by atoms with van der Waals surface area (Å²) in [5.41, 5.74) is 1.15. The van der Waals surface area contributed by atoms with E-state index >= 15 is 0 Å². The van der Waals surface area contributed by atoms with Crippen molar-refractivity contribution in [1.29, 1.82) is 0 Å². The molecular formula is C14H15BrN4O. The number of pyridine rings is 2. The van der Waals surface area contributed by atoms with Gasteiger partial charge in [0, 0.05) is 23.4 Å². The number of hydrogen-bond acceptors (Lipinski definition) is 4. The topological polar surface area (TPSA) is 66.9 Å². The Bertz CT molecular complexity index is 589. The van der Waals surface area contributed by atoms with Gasteiger partial charge in [-0.05, 0) is 40.5 Å². The maximum Gasteiger partial charge on any atom is 0.259 e. The lowest BCUT2D eigenvalue weighted by Gasteiger charge is -2.11. The van der Waals surface area contributed by atoms with E-state index in [0.29, 0.717) is 17.1 Å². The molecule has 0 bridgehead atoms. The van der Waals surface area contributed by atoms with E-state index in [9.17, 15) is 4.79 Å². The highest BCUT2D eigenvalue weighted by Gasteiger charge is 2.13. The number of halogens is 1. The largest absolute Gasteiger partial charge is 0.369 e. The maximum atomic E-state index is 12.3. The number of nitrogens with one attached hydrogen (secondary N) is 2. The molecule has 6 heteroatoms. The molecule has 5 nitrogen and oxygen atoms in total. The molecule has 104 valence electrons. The fraction of sp³-hybridized carbons (Fsp3) is 0.214. The van der Waals surface area contributed by atoms with Crippen molar-refractivity contribution in [2.24, 2.45) is 0 Å². The van der Waals surface area contributed by atoms with Gasteiger partial charge in [-0.2, -0.15) is 0 Å². The summed E-state index contributed by atoms with van der Waals surface area (Å²) < 4.78 is 0.760. The quantitative estimate of drug-likeness (QED) is 0.880. The first-order valence-electron chi connectivity index (χ1n) is 6.31. The van der Waals surface area contributed by atoms with Crippen LogP contribution in [0.1, 0.15) is 23.7 Å². The van der Waals surface area contributed by atoms with E-state index in [2.05, 4.69) is 43.5 Å². The van der Waals surface area contributed by atoms with Crippen LogP contribution in [0.25, 0.3) is 0 Å². The smallest absolute Gasteiger partial charge is 0.259 e. The molecular weight excluding hydrogens is 320 g/mol. The van der Waals surface area contributed by atoms with Crippen LogP contribution in [0.5, 0.6) is 0 Å². The number of hydrogen-bond donors (Lipinski definition) is 2. The normalized spacial score (nSPS) is 10.1. The van der Waals surface area contributed by atoms with E-state index in [0.717, 1.165) is 17.4 Å². The van der Waals surface area contributed by atoms with Crippen molar-refractivity contribution >= 4 is 33.3 Å². The molecule has 0 unspecified atom stereocenters. The first-order chi connectivity index (χ1) is 9.70. The summed E-state index contributed by atoms with van der Waals surface area (Å²) in [5, 5.41) is 5.95. The fourth-order valence-electron chi connectivity index (χ4n) is 1.63. The van der Waals surface area contributed by atoms with E-state index in [1.807, 2.05) is 0 Å². The van der Waals surface area contributed by atoms with Crippen LogP contribution in [0.4, 0.5) is 11.5 Å². The lowest BCUT2D eigenvalue weighted by molar-refractivity contribution is 0.102. The van der Waals surface area contributed by atoms with Crippen LogP contribution >= 0.6 is 15.9 Å². The number of aromatic nitrogens is 2. The van der Waals surface area contributed by atoms with Gasteiger partial charge in [0.25, 0.3) is 5.91 Å². The first kappa shape index (κ1) is 14.5. The third-order valence-electron chi connectivity index (χ3n) is 2.56. The van der Waals surface area contributed by atoms with Crippen molar-refractivity contribution in [3.05, 3.63) is 46.8 Å². The molecule has 0 saturated carbocycles. The summed E-state index contributed by atoms with van der Waals surface area (Å²) in [7, 11) is 0. The van der Waals surface area contributed by atoms with E-state index in [4.69, 9.17) is 0 Å². The minimum atomic E-state index is -0.217. The number of carbonyl (C=O) groups is 1. The summed E-state index contributed by atoms with van der Waals surface area (Å²) >= 11 is 3.34. The zero-order valence-corrected chi connectivity index (χ0v) is 12.6. The molecule has 2 N–H and O–H groups in total. The SMILES string of the molecule is CCCNc1ncc(Br)cc1C(=O)Nc1cccnc1. The number of carbonyl (C=O) groups excluding carboxylic acids is 1. The average Bonchev–Trinajstić information content (AvgIpc) is 2.47. The highest BCUT2D eigenvalue weighted by Crippen LogP contribution is 2.19. The second-order valence-corrected chi connectivity index (χ2v) is 5.09. The monoisotopic (exact) mass is 334 g/mol. The average molecular weight is 335 g/mol. The van der Waals surface area contributed by atoms with Gasteiger partial charge in [-0.25, -0.2) is 4.98 Å². The molecule has 2 heterocycles. The van der Waals surface area contributed by atoms with Crippen molar-refractivity contribution < 1.29 is 4.79 Å². The zero-order valence-electron chi connectivity index (χ0n) is 11.1. The van der Waals surface area contributed by atoms with Crippen LogP contribution in [-0.2, 0) is 0 Å². The zero-order chi connectivity index (χ0) is 14.4. The minimum absolute atomic E-state index is 0.217. The minimum Gasteiger partial charge on any atom is -0.369 e. The second kappa shape index (κ2) is 7.00. The van der Waals surface area contributed by atoms with Gasteiger partial charge < -0.3 is 10.6 Å². The molecule has 2 rings (SSSR count). The Labute approximate surface area is 126 Å². The number of anilines is 2. The molecule has 0 fully saturated rings. The Morgan fingerprint density at radius 2 is 2.25 bits per heavy atom. The third-order valence-corrected chi connectivity index (χ3v) is 2.99. The molecule has 2 aromatic rings. The fourth-order valence-corrected chi connectivity index (χ4v) is 1.96. The van der Waals surface area contributed by atoms with Gasteiger partial charge in [0.05, 0.1) is 17.4 Å². The standard InChI is InChI=1S/C14H15BrN4O/c1-2-5-17-13-12(7-10(15)8-18-13)14(20)19-11-4-3-6-16-9-11/h3-4,6-9H,2,5H2,1H3,(H,17,18)(H,19,20). The molecule has 0 aliphatic carbocycles. The van der Waals surface area contributed by atoms with Gasteiger partial charge in [-0.3, -0.25) is 9.78 Å². The van der Waals surface area contributed by atoms with Gasteiger partial charge in [0.2, 0.25) is 0 Å². The molecule has 0 aromatic carbocycles. The van der Waals surface area contributed by atoms with Crippen molar-refractivity contribution in [3.8, 4) is 0 Å². The van der Waals surface area contributed by atoms with E-state index in [1.165, 1.54) is 0 Å². The van der Waals surface area contributed by atoms with Crippen LogP contribution < -0.4 is 10.6 Å². The van der Waals surface area contributed by atoms with Crippen LogP contribution in [0.15, 0.2) is 41.3 Å². The van der Waals surface area contributed by atoms with Gasteiger partial charge in [-0.15, -0.1) is 0 Å². The van der Waals surface area contributed by atoms with E-state index in [-0.39, 0.29) is 5.91 Å². The predicted molar refractivity (Wildman–Crippen MR) is 82.9 cm³/mol. The second-order valence-electron chi connectivity index (χ2n) is 4.17. The maximum absolute atomic E-state index is 12.3. The van der Waals surface area contributed by atoms with Crippen molar-refractivity contribution in [3.63, 3.8) is 0 Å². The first-order valence-corrected chi connectivity index (χ1v) is 7.11. The summed E-state index contributed by atoms with van der Waals surface area (Å²) in [4.78, 5) is 20.5. The molecule has 0 atom stereocenters. The molecule has 0 spiro atoms. The van der Waals surface area contributed by atoms with Crippen LogP contribution in [0, 0.1) is 0 Å². The molecule has 0 saturated heterocycles. The summed E-state index contributed by atoms with van der Waals surface area (Å²) in [5.74, 6) is 0.363. The summed E-state index contributed by atoms with van der Waals surface area (Å²) in [6.07, 6.45) is 5.88. The summed E-state index contributed by atoms with van der Waals surface area (Å²) in [6, 6.07) is 5.30. The molecule has 1 amide bonds. The Balaban J connectivity index is 2.21. The highest BCUT2D eigenvalue weighted by atomic mass is 79.9. The third kappa shape index (κ3) is 3.77. The predicted octanol–water partition coefficient (Wildman–Crippen LogP) is 3.31. The van der Waals surface area contributed by atoms with Crippen molar-refractivity contribution in [1.82, 2.24) is 9.97 Å². The van der Waals surface area contributed by atoms with Gasteiger partial charge in [-0.1, -0.05) is 6.92 Å². The Morgan fingerprint density at radius 1 is 1.40 bits per heavy atom. The lowest BCUT2D eigenvalue weighted by atomic mass is 10.2. The Hall–Kier alpha value is -1.95. The van der Waals surface area contributed by atoms with Crippen LogP contribution in [-0.4, -0.2) is 22.4 Å². The molecule has 0 aliphatic rings. The summed E-state index contributed by atoms with van der Waals surface area (Å²) in [6.45, 7) is 2.82. The highest BCUT2D eigenvalue weighted by molar-refractivity contribution is 9.10. The molecule has 20 heavy (non-hydrogen) atoms. The molecule has 0 aliphatic heterocycles. The number of rotatable bonds is 5. The van der Waals surface area contributed by atoms with Crippen LogP contribution in [0.2, 0.25) is 0 Å². The van der Waals surface area contributed by atoms with Crippen LogP contribution in [0.3, 0.4) is 0 Å². The van der Waals surface area contributed by atoms with Gasteiger partial charge in [0.15, 0.2) is 0 Å². The molecule has 0 radical (unpaired) electrons. The van der Waals surface area contributed by atoms with Gasteiger partial charge in [0.1, 0.15) is 5.82 Å². The van der Waals surface area contributed by atoms with Gasteiger partial charge >= 0.3 is 0 Å². The Morgan fingerprint density at radius 3 is 2.95 bits per heavy atom. The van der Waals surface area contributed by atoms with Crippen molar-refractivity contribution in [2.45, 2.75) is 13.3 Å². The van der Waals surface area contributed by atoms with E-state index in [1.54, 1.807) is 36.8 Å². The number of nitrogens with zero attached hydrogens (tertiary/aromatic N) is 2. The van der Waals surface area contributed by atoms with E-state index < -0.39 is 0 Å². The number of amides is 1. The van der Waals surface area contributed by atoms with Crippen molar-refractivity contribution in [2.75, 3.05) is 17.2 Å². The Kier molecular flexibility index (Phi) is 5.06.